The lowest BCUT2D eigenvalue weighted by atomic mass is 10.2. The first-order chi connectivity index (χ1) is 6.63. The summed E-state index contributed by atoms with van der Waals surface area (Å²) in [5.41, 5.74) is 0.464. The lowest BCUT2D eigenvalue weighted by molar-refractivity contribution is -0.142. The zero-order chi connectivity index (χ0) is 10.6. The van der Waals surface area contributed by atoms with E-state index in [1.54, 1.807) is 6.92 Å². The van der Waals surface area contributed by atoms with Gasteiger partial charge in [-0.15, -0.1) is 0 Å². The quantitative estimate of drug-likeness (QED) is 0.574. The van der Waals surface area contributed by atoms with Crippen molar-refractivity contribution in [3.8, 4) is 0 Å². The molecule has 0 amide bonds. The van der Waals surface area contributed by atoms with Crippen LogP contribution in [-0.2, 0) is 16.0 Å². The third-order valence-corrected chi connectivity index (χ3v) is 1.89. The van der Waals surface area contributed by atoms with Crippen molar-refractivity contribution in [2.75, 3.05) is 6.61 Å². The van der Waals surface area contributed by atoms with Crippen LogP contribution in [0.25, 0.3) is 0 Å². The van der Waals surface area contributed by atoms with Gasteiger partial charge in [0, 0.05) is 17.8 Å². The van der Waals surface area contributed by atoms with E-state index in [0.717, 1.165) is 6.07 Å². The van der Waals surface area contributed by atoms with Gasteiger partial charge >= 0.3 is 5.97 Å². The Morgan fingerprint density at radius 1 is 1.71 bits per heavy atom. The van der Waals surface area contributed by atoms with Crippen molar-refractivity contribution in [1.82, 2.24) is 4.98 Å². The number of esters is 1. The molecule has 1 aromatic rings. The summed E-state index contributed by atoms with van der Waals surface area (Å²) < 4.78 is 17.2. The Morgan fingerprint density at radius 3 is 3.00 bits per heavy atom. The summed E-state index contributed by atoms with van der Waals surface area (Å²) in [6.07, 6.45) is 1.24. The molecule has 0 saturated heterocycles. The lowest BCUT2D eigenvalue weighted by Crippen LogP contribution is -2.08. The summed E-state index contributed by atoms with van der Waals surface area (Å²) in [7, 11) is 0. The minimum absolute atomic E-state index is 0.0138. The summed E-state index contributed by atoms with van der Waals surface area (Å²) in [5.74, 6) is -1.06. The second-order valence-electron chi connectivity index (χ2n) is 2.58. The molecule has 0 aliphatic heterocycles. The Hall–Kier alpha value is -1.16. The lowest BCUT2D eigenvalue weighted by Gasteiger charge is -2.03. The summed E-state index contributed by atoms with van der Waals surface area (Å²) >= 11 is 5.69. The van der Waals surface area contributed by atoms with Gasteiger partial charge in [-0.3, -0.25) is 4.79 Å². The molecule has 0 fully saturated rings. The van der Waals surface area contributed by atoms with Crippen LogP contribution < -0.4 is 0 Å². The van der Waals surface area contributed by atoms with E-state index >= 15 is 0 Å². The van der Waals surface area contributed by atoms with Crippen molar-refractivity contribution < 1.29 is 13.9 Å². The van der Waals surface area contributed by atoms with Crippen molar-refractivity contribution in [2.45, 2.75) is 13.3 Å². The summed E-state index contributed by atoms with van der Waals surface area (Å²) in [6.45, 7) is 2.02. The minimum atomic E-state index is -0.664. The Kier molecular flexibility index (Phi) is 3.83. The number of carbonyl (C=O) groups is 1. The molecule has 0 atom stereocenters. The molecule has 14 heavy (non-hydrogen) atoms. The van der Waals surface area contributed by atoms with Gasteiger partial charge < -0.3 is 4.74 Å². The average molecular weight is 218 g/mol. The van der Waals surface area contributed by atoms with Gasteiger partial charge in [0.25, 0.3) is 0 Å². The topological polar surface area (TPSA) is 39.2 Å². The van der Waals surface area contributed by atoms with Crippen LogP contribution in [0.4, 0.5) is 4.39 Å². The van der Waals surface area contributed by atoms with E-state index in [4.69, 9.17) is 16.3 Å². The minimum Gasteiger partial charge on any atom is -0.466 e. The highest BCUT2D eigenvalue weighted by Crippen LogP contribution is 2.16. The highest BCUT2D eigenvalue weighted by Gasteiger charge is 2.08. The molecule has 0 bridgehead atoms. The third kappa shape index (κ3) is 2.96. The van der Waals surface area contributed by atoms with E-state index in [0.29, 0.717) is 12.2 Å². The smallest absolute Gasteiger partial charge is 0.310 e. The molecule has 0 N–H and O–H groups in total. The molecule has 0 aliphatic rings. The Morgan fingerprint density at radius 2 is 2.43 bits per heavy atom. The first-order valence-corrected chi connectivity index (χ1v) is 4.46. The highest BCUT2D eigenvalue weighted by atomic mass is 35.5. The second-order valence-corrected chi connectivity index (χ2v) is 2.99. The van der Waals surface area contributed by atoms with Gasteiger partial charge in [0.2, 0.25) is 5.95 Å². The molecule has 0 spiro atoms. The summed E-state index contributed by atoms with van der Waals surface area (Å²) in [4.78, 5) is 14.4. The average Bonchev–Trinajstić information content (AvgIpc) is 2.10. The van der Waals surface area contributed by atoms with Crippen LogP contribution in [0.1, 0.15) is 12.5 Å². The Labute approximate surface area is 85.9 Å². The van der Waals surface area contributed by atoms with E-state index in [-0.39, 0.29) is 11.4 Å². The second kappa shape index (κ2) is 4.91. The van der Waals surface area contributed by atoms with Gasteiger partial charge in [0.1, 0.15) is 0 Å². The number of carbonyl (C=O) groups excluding carboxylic acids is 1. The van der Waals surface area contributed by atoms with Crippen LogP contribution >= 0.6 is 11.6 Å². The predicted octanol–water partition coefficient (Wildman–Crippen LogP) is 1.98. The molecule has 1 aromatic heterocycles. The van der Waals surface area contributed by atoms with E-state index in [1.807, 2.05) is 0 Å². The van der Waals surface area contributed by atoms with Gasteiger partial charge in [-0.1, -0.05) is 11.6 Å². The normalized spacial score (nSPS) is 9.93. The first kappa shape index (κ1) is 10.9. The van der Waals surface area contributed by atoms with E-state index in [1.165, 1.54) is 6.20 Å². The fraction of sp³-hybridized carbons (Fsp3) is 0.333. The third-order valence-electron chi connectivity index (χ3n) is 1.54. The van der Waals surface area contributed by atoms with E-state index < -0.39 is 11.9 Å². The summed E-state index contributed by atoms with van der Waals surface area (Å²) in [6, 6.07) is 1.07. The van der Waals surface area contributed by atoms with Gasteiger partial charge in [-0.05, 0) is 6.92 Å². The van der Waals surface area contributed by atoms with Gasteiger partial charge in [-0.25, -0.2) is 4.98 Å². The molecular formula is C9H9ClFNO2. The van der Waals surface area contributed by atoms with Crippen molar-refractivity contribution in [3.05, 3.63) is 28.8 Å². The van der Waals surface area contributed by atoms with Gasteiger partial charge in [-0.2, -0.15) is 4.39 Å². The fourth-order valence-electron chi connectivity index (χ4n) is 0.933. The molecular weight excluding hydrogens is 209 g/mol. The summed E-state index contributed by atoms with van der Waals surface area (Å²) in [5, 5.41) is 0.186. The van der Waals surface area contributed by atoms with Crippen molar-refractivity contribution >= 4 is 17.6 Å². The SMILES string of the molecule is CCOC(=O)Cc1cnc(F)cc1Cl. The van der Waals surface area contributed by atoms with Crippen LogP contribution in [-0.4, -0.2) is 17.6 Å². The number of rotatable bonds is 3. The monoisotopic (exact) mass is 217 g/mol. The fourth-order valence-corrected chi connectivity index (χ4v) is 1.14. The van der Waals surface area contributed by atoms with Gasteiger partial charge in [0.05, 0.1) is 18.1 Å². The number of hydrogen-bond acceptors (Lipinski definition) is 3. The number of ether oxygens (including phenoxy) is 1. The molecule has 0 aromatic carbocycles. The number of halogens is 2. The molecule has 0 unspecified atom stereocenters. The standard InChI is InChI=1S/C9H9ClFNO2/c1-2-14-9(13)3-6-5-12-8(11)4-7(6)10/h4-5H,2-3H2,1H3. The van der Waals surface area contributed by atoms with E-state index in [9.17, 15) is 9.18 Å². The number of pyridine rings is 1. The van der Waals surface area contributed by atoms with Crippen LogP contribution in [0, 0.1) is 5.95 Å². The van der Waals surface area contributed by atoms with Crippen molar-refractivity contribution in [2.24, 2.45) is 0 Å². The van der Waals surface area contributed by atoms with Gasteiger partial charge in [0.15, 0.2) is 0 Å². The molecule has 0 radical (unpaired) electrons. The Balaban J connectivity index is 2.72. The number of nitrogens with zero attached hydrogens (tertiary/aromatic N) is 1. The highest BCUT2D eigenvalue weighted by molar-refractivity contribution is 6.31. The molecule has 76 valence electrons. The van der Waals surface area contributed by atoms with Crippen LogP contribution in [0.3, 0.4) is 0 Å². The zero-order valence-electron chi connectivity index (χ0n) is 7.59. The van der Waals surface area contributed by atoms with Crippen molar-refractivity contribution in [3.63, 3.8) is 0 Å². The van der Waals surface area contributed by atoms with Crippen molar-refractivity contribution in [1.29, 1.82) is 0 Å². The molecule has 1 heterocycles. The first-order valence-electron chi connectivity index (χ1n) is 4.09. The molecule has 5 heteroatoms. The maximum atomic E-state index is 12.5. The van der Waals surface area contributed by atoms with Crippen LogP contribution in [0.5, 0.6) is 0 Å². The maximum absolute atomic E-state index is 12.5. The van der Waals surface area contributed by atoms with Crippen LogP contribution in [0.2, 0.25) is 5.02 Å². The maximum Gasteiger partial charge on any atom is 0.310 e. The Bertz CT molecular complexity index is 344. The number of hydrogen-bond donors (Lipinski definition) is 0. The predicted molar refractivity (Wildman–Crippen MR) is 49.5 cm³/mol. The van der Waals surface area contributed by atoms with E-state index in [2.05, 4.69) is 4.98 Å². The molecule has 0 saturated carbocycles. The zero-order valence-corrected chi connectivity index (χ0v) is 8.34. The largest absolute Gasteiger partial charge is 0.466 e. The number of aromatic nitrogens is 1. The van der Waals surface area contributed by atoms with Crippen LogP contribution in [0.15, 0.2) is 12.3 Å². The molecule has 3 nitrogen and oxygen atoms in total. The molecule has 1 rings (SSSR count). The molecule has 0 aliphatic carbocycles.